The Morgan fingerprint density at radius 1 is 1.21 bits per heavy atom. The maximum absolute atomic E-state index is 12.1. The zero-order chi connectivity index (χ0) is 13.1. The van der Waals surface area contributed by atoms with Gasteiger partial charge in [-0.15, -0.1) is 5.43 Å². The van der Waals surface area contributed by atoms with Crippen LogP contribution in [0.1, 0.15) is 21.6 Å². The van der Waals surface area contributed by atoms with Gasteiger partial charge in [0.1, 0.15) is 0 Å². The minimum atomic E-state index is -0.223. The molecule has 0 spiro atoms. The predicted octanol–water partition coefficient (Wildman–Crippen LogP) is -0.368. The molecule has 2 rings (SSSR count). The van der Waals surface area contributed by atoms with Gasteiger partial charge in [0.15, 0.2) is 6.20 Å². The second kappa shape index (κ2) is 6.55. The molecule has 100 valence electrons. The second-order valence-electron chi connectivity index (χ2n) is 4.14. The second-order valence-corrected chi connectivity index (χ2v) is 4.54. The van der Waals surface area contributed by atoms with Crippen molar-refractivity contribution in [2.75, 3.05) is 5.43 Å². The van der Waals surface area contributed by atoms with Crippen molar-refractivity contribution in [1.29, 1.82) is 0 Å². The van der Waals surface area contributed by atoms with Crippen LogP contribution in [0.2, 0.25) is 5.02 Å². The molecule has 0 aliphatic heterocycles. The van der Waals surface area contributed by atoms with Crippen molar-refractivity contribution in [3.8, 4) is 0 Å². The van der Waals surface area contributed by atoms with E-state index in [0.717, 1.165) is 11.3 Å². The lowest BCUT2D eigenvalue weighted by atomic mass is 10.1. The molecule has 0 fully saturated rings. The fourth-order valence-electron chi connectivity index (χ4n) is 1.63. The van der Waals surface area contributed by atoms with E-state index in [-0.39, 0.29) is 18.3 Å². The molecule has 0 bridgehead atoms. The lowest BCUT2D eigenvalue weighted by Gasteiger charge is -2.04. The van der Waals surface area contributed by atoms with Gasteiger partial charge in [-0.2, -0.15) is 0 Å². The summed E-state index contributed by atoms with van der Waals surface area (Å²) >= 11 is 6.06. The summed E-state index contributed by atoms with van der Waals surface area (Å²) in [4.78, 5) is 12.1. The average Bonchev–Trinajstić information content (AvgIpc) is 2.32. The van der Waals surface area contributed by atoms with E-state index in [1.807, 2.05) is 38.1 Å². The minimum absolute atomic E-state index is 0. The number of aryl methyl sites for hydroxylation is 2. The number of carbonyl (C=O) groups excluding carboxylic acids is 1. The van der Waals surface area contributed by atoms with Gasteiger partial charge in [-0.1, -0.05) is 22.3 Å². The largest absolute Gasteiger partial charge is 1.00 e. The standard InChI is InChI=1S/C14H13ClN2O.ClH/c1-10-6-7-12(13(15)9-10)14(18)16-17-8-4-3-5-11(17)2;/h3-9H,1-2H3;1H. The molecule has 1 amide bonds. The molecule has 1 N–H and O–H groups in total. The van der Waals surface area contributed by atoms with E-state index in [0.29, 0.717) is 10.6 Å². The number of nitrogens with zero attached hydrogens (tertiary/aromatic N) is 1. The Balaban J connectivity index is 0.00000180. The van der Waals surface area contributed by atoms with Crippen LogP contribution in [-0.4, -0.2) is 5.91 Å². The highest BCUT2D eigenvalue weighted by Crippen LogP contribution is 2.17. The van der Waals surface area contributed by atoms with Crippen molar-refractivity contribution in [1.82, 2.24) is 0 Å². The zero-order valence-electron chi connectivity index (χ0n) is 10.7. The van der Waals surface area contributed by atoms with Gasteiger partial charge in [-0.05, 0) is 30.7 Å². The normalized spacial score (nSPS) is 9.63. The number of hydrogen-bond donors (Lipinski definition) is 1. The average molecular weight is 297 g/mol. The van der Waals surface area contributed by atoms with Gasteiger partial charge in [-0.3, -0.25) is 4.79 Å². The first kappa shape index (κ1) is 15.5. The maximum atomic E-state index is 12.1. The van der Waals surface area contributed by atoms with Gasteiger partial charge in [0.25, 0.3) is 0 Å². The quantitative estimate of drug-likeness (QED) is 0.754. The summed E-state index contributed by atoms with van der Waals surface area (Å²) in [6.07, 6.45) is 1.79. The Kier molecular flexibility index (Phi) is 5.33. The van der Waals surface area contributed by atoms with Gasteiger partial charge in [0.05, 0.1) is 10.6 Å². The fraction of sp³-hybridized carbons (Fsp3) is 0.143. The molecule has 3 nitrogen and oxygen atoms in total. The number of amides is 1. The number of benzene rings is 1. The smallest absolute Gasteiger partial charge is 0.306 e. The highest BCUT2D eigenvalue weighted by Gasteiger charge is 2.15. The van der Waals surface area contributed by atoms with Gasteiger partial charge in [-0.25, -0.2) is 0 Å². The molecule has 0 aliphatic carbocycles. The Morgan fingerprint density at radius 2 is 1.95 bits per heavy atom. The Hall–Kier alpha value is -1.58. The van der Waals surface area contributed by atoms with E-state index in [4.69, 9.17) is 11.6 Å². The third-order valence-corrected chi connectivity index (χ3v) is 2.97. The number of hydrogen-bond acceptors (Lipinski definition) is 1. The molecule has 19 heavy (non-hydrogen) atoms. The minimum Gasteiger partial charge on any atom is -1.00 e. The Morgan fingerprint density at radius 3 is 2.58 bits per heavy atom. The molecule has 0 aliphatic rings. The molecule has 0 saturated carbocycles. The van der Waals surface area contributed by atoms with E-state index in [1.165, 1.54) is 0 Å². The molecule has 0 radical (unpaired) electrons. The Bertz CT molecular complexity index is 600. The summed E-state index contributed by atoms with van der Waals surface area (Å²) in [5, 5.41) is 0.460. The summed E-state index contributed by atoms with van der Waals surface area (Å²) < 4.78 is 1.67. The summed E-state index contributed by atoms with van der Waals surface area (Å²) in [5.41, 5.74) is 5.22. The van der Waals surface area contributed by atoms with Crippen LogP contribution in [0, 0.1) is 13.8 Å². The SMILES string of the molecule is Cc1ccc(C(=O)N[n+]2ccccc2C)c(Cl)c1.[Cl-]. The molecule has 1 heterocycles. The van der Waals surface area contributed by atoms with E-state index in [9.17, 15) is 4.79 Å². The molecular formula is C14H14Cl2N2O. The lowest BCUT2D eigenvalue weighted by Crippen LogP contribution is -3.00. The topological polar surface area (TPSA) is 33.0 Å². The monoisotopic (exact) mass is 296 g/mol. The highest BCUT2D eigenvalue weighted by molar-refractivity contribution is 6.34. The molecule has 1 aromatic carbocycles. The fourth-order valence-corrected chi connectivity index (χ4v) is 1.95. The van der Waals surface area contributed by atoms with E-state index in [1.54, 1.807) is 23.0 Å². The number of aromatic nitrogens is 1. The van der Waals surface area contributed by atoms with Gasteiger partial charge < -0.3 is 12.4 Å². The zero-order valence-corrected chi connectivity index (χ0v) is 12.2. The molecule has 0 saturated heterocycles. The first-order valence-corrected chi connectivity index (χ1v) is 6.00. The predicted molar refractivity (Wildman–Crippen MR) is 71.3 cm³/mol. The van der Waals surface area contributed by atoms with Crippen LogP contribution in [0.3, 0.4) is 0 Å². The van der Waals surface area contributed by atoms with Crippen LogP contribution >= 0.6 is 11.6 Å². The first-order chi connectivity index (χ1) is 8.58. The number of halogens is 2. The summed E-state index contributed by atoms with van der Waals surface area (Å²) in [6.45, 7) is 3.85. The van der Waals surface area contributed by atoms with Crippen molar-refractivity contribution in [2.45, 2.75) is 13.8 Å². The van der Waals surface area contributed by atoms with Crippen molar-refractivity contribution in [3.63, 3.8) is 0 Å². The van der Waals surface area contributed by atoms with Crippen molar-refractivity contribution < 1.29 is 21.9 Å². The summed E-state index contributed by atoms with van der Waals surface area (Å²) in [6, 6.07) is 11.0. The third-order valence-electron chi connectivity index (χ3n) is 2.65. The number of nitrogens with one attached hydrogen (secondary N) is 1. The maximum Gasteiger partial charge on any atom is 0.306 e. The molecule has 0 atom stereocenters. The van der Waals surface area contributed by atoms with Crippen LogP contribution in [-0.2, 0) is 0 Å². The highest BCUT2D eigenvalue weighted by atomic mass is 35.5. The van der Waals surface area contributed by atoms with Crippen molar-refractivity contribution in [3.05, 3.63) is 64.4 Å². The van der Waals surface area contributed by atoms with Crippen molar-refractivity contribution >= 4 is 17.5 Å². The van der Waals surface area contributed by atoms with Gasteiger partial charge >= 0.3 is 5.91 Å². The third kappa shape index (κ3) is 3.69. The number of carbonyl (C=O) groups is 1. The molecule has 5 heteroatoms. The van der Waals surface area contributed by atoms with Crippen LogP contribution < -0.4 is 22.5 Å². The summed E-state index contributed by atoms with van der Waals surface area (Å²) in [5.74, 6) is -0.223. The number of pyridine rings is 1. The molecule has 2 aromatic rings. The van der Waals surface area contributed by atoms with Crippen LogP contribution in [0.15, 0.2) is 42.6 Å². The lowest BCUT2D eigenvalue weighted by molar-refractivity contribution is -0.647. The van der Waals surface area contributed by atoms with E-state index < -0.39 is 0 Å². The van der Waals surface area contributed by atoms with E-state index >= 15 is 0 Å². The van der Waals surface area contributed by atoms with Crippen LogP contribution in [0.4, 0.5) is 0 Å². The first-order valence-electron chi connectivity index (χ1n) is 5.63. The van der Waals surface area contributed by atoms with Gasteiger partial charge in [0.2, 0.25) is 5.69 Å². The summed E-state index contributed by atoms with van der Waals surface area (Å²) in [7, 11) is 0. The van der Waals surface area contributed by atoms with Crippen LogP contribution in [0.5, 0.6) is 0 Å². The van der Waals surface area contributed by atoms with Crippen molar-refractivity contribution in [2.24, 2.45) is 0 Å². The number of rotatable bonds is 2. The molecular weight excluding hydrogens is 283 g/mol. The van der Waals surface area contributed by atoms with Crippen LogP contribution in [0.25, 0.3) is 0 Å². The Labute approximate surface area is 123 Å². The molecule has 0 unspecified atom stereocenters. The van der Waals surface area contributed by atoms with Gasteiger partial charge in [0, 0.05) is 19.1 Å². The molecule has 1 aromatic heterocycles. The van der Waals surface area contributed by atoms with E-state index in [2.05, 4.69) is 5.43 Å².